The Hall–Kier alpha value is -4.26. The van der Waals surface area contributed by atoms with Gasteiger partial charge in [0.1, 0.15) is 37.7 Å². The average Bonchev–Trinajstić information content (AvgIpc) is 3.09. The van der Waals surface area contributed by atoms with E-state index in [0.717, 1.165) is 72.5 Å². The van der Waals surface area contributed by atoms with Gasteiger partial charge < -0.3 is 19.2 Å². The van der Waals surface area contributed by atoms with Crippen molar-refractivity contribution in [3.63, 3.8) is 0 Å². The summed E-state index contributed by atoms with van der Waals surface area (Å²) in [6.45, 7) is 17.8. The molecule has 0 heterocycles. The Bertz CT molecular complexity index is 1440. The molecule has 0 bridgehead atoms. The average molecular weight is 621 g/mol. The number of hydrogen-bond donors (Lipinski definition) is 2. The van der Waals surface area contributed by atoms with Crippen LogP contribution in [0.25, 0.3) is 0 Å². The van der Waals surface area contributed by atoms with Crippen LogP contribution in [0.2, 0.25) is 0 Å². The van der Waals surface area contributed by atoms with Gasteiger partial charge in [0.25, 0.3) is 0 Å². The van der Waals surface area contributed by atoms with Crippen molar-refractivity contribution >= 4 is 12.4 Å². The number of phenols is 2. The van der Waals surface area contributed by atoms with Gasteiger partial charge in [0.05, 0.1) is 39.3 Å². The standard InChI is InChI=1S/C40H50N4O2/c1-5-43(6-2,29-33-15-11-9-12-16-33)31-35-19-21-39(45)37(25-35)27-41-23-24-42-28-38-26-36(20-22-40(38)46)32-44(7-3,8-4)30-34-17-13-10-14-18-34/h9-22,25-28H,5-8,23-24,29-32H2,1-4H3/p+2. The molecule has 4 aromatic carbocycles. The number of benzene rings is 4. The van der Waals surface area contributed by atoms with Crippen LogP contribution in [0.15, 0.2) is 107 Å². The Labute approximate surface area is 276 Å². The van der Waals surface area contributed by atoms with Crippen LogP contribution < -0.4 is 0 Å². The van der Waals surface area contributed by atoms with Gasteiger partial charge >= 0.3 is 0 Å². The summed E-state index contributed by atoms with van der Waals surface area (Å²) in [6, 6.07) is 33.0. The Morgan fingerprint density at radius 2 is 0.826 bits per heavy atom. The van der Waals surface area contributed by atoms with Gasteiger partial charge in [-0.25, -0.2) is 0 Å². The van der Waals surface area contributed by atoms with Crippen LogP contribution >= 0.6 is 0 Å². The van der Waals surface area contributed by atoms with Crippen LogP contribution in [0.4, 0.5) is 0 Å². The van der Waals surface area contributed by atoms with Gasteiger partial charge in [0.15, 0.2) is 0 Å². The summed E-state index contributed by atoms with van der Waals surface area (Å²) in [6.07, 6.45) is 3.49. The molecule has 46 heavy (non-hydrogen) atoms. The first-order valence-corrected chi connectivity index (χ1v) is 16.7. The van der Waals surface area contributed by atoms with Gasteiger partial charge in [0.2, 0.25) is 0 Å². The zero-order valence-corrected chi connectivity index (χ0v) is 28.1. The van der Waals surface area contributed by atoms with Crippen molar-refractivity contribution in [3.8, 4) is 11.5 Å². The fourth-order valence-electron chi connectivity index (χ4n) is 6.22. The van der Waals surface area contributed by atoms with Crippen molar-refractivity contribution in [1.82, 2.24) is 0 Å². The number of phenolic OH excluding ortho intramolecular Hbond substituents is 2. The van der Waals surface area contributed by atoms with Crippen LogP contribution in [0.1, 0.15) is 61.1 Å². The molecule has 0 aliphatic heterocycles. The van der Waals surface area contributed by atoms with E-state index < -0.39 is 0 Å². The van der Waals surface area contributed by atoms with Crippen molar-refractivity contribution in [3.05, 3.63) is 130 Å². The van der Waals surface area contributed by atoms with Crippen LogP contribution in [0.3, 0.4) is 0 Å². The molecule has 0 aromatic heterocycles. The van der Waals surface area contributed by atoms with E-state index in [2.05, 4.69) is 110 Å². The Morgan fingerprint density at radius 1 is 0.478 bits per heavy atom. The van der Waals surface area contributed by atoms with E-state index in [1.165, 1.54) is 22.3 Å². The lowest BCUT2D eigenvalue weighted by Gasteiger charge is -2.37. The second-order valence-corrected chi connectivity index (χ2v) is 12.4. The molecule has 0 unspecified atom stereocenters. The third-order valence-corrected chi connectivity index (χ3v) is 9.44. The van der Waals surface area contributed by atoms with E-state index in [0.29, 0.717) is 13.1 Å². The van der Waals surface area contributed by atoms with Gasteiger partial charge in [-0.05, 0) is 64.1 Å². The first-order chi connectivity index (χ1) is 22.3. The number of rotatable bonds is 17. The monoisotopic (exact) mass is 620 g/mol. The maximum atomic E-state index is 10.5. The second-order valence-electron chi connectivity index (χ2n) is 12.4. The van der Waals surface area contributed by atoms with Crippen molar-refractivity contribution in [2.24, 2.45) is 9.98 Å². The van der Waals surface area contributed by atoms with E-state index in [9.17, 15) is 10.2 Å². The van der Waals surface area contributed by atoms with Crippen LogP contribution in [-0.2, 0) is 26.2 Å². The predicted octanol–water partition coefficient (Wildman–Crippen LogP) is 7.75. The molecule has 4 aromatic rings. The third-order valence-electron chi connectivity index (χ3n) is 9.44. The zero-order valence-electron chi connectivity index (χ0n) is 28.1. The highest BCUT2D eigenvalue weighted by Gasteiger charge is 2.26. The normalized spacial score (nSPS) is 12.3. The highest BCUT2D eigenvalue weighted by atomic mass is 16.3. The molecule has 0 spiro atoms. The van der Waals surface area contributed by atoms with E-state index in [-0.39, 0.29) is 11.5 Å². The first-order valence-electron chi connectivity index (χ1n) is 16.7. The van der Waals surface area contributed by atoms with Crippen molar-refractivity contribution in [2.45, 2.75) is 53.9 Å². The molecule has 0 amide bonds. The summed E-state index contributed by atoms with van der Waals surface area (Å²) in [4.78, 5) is 9.12. The molecule has 0 aliphatic carbocycles. The maximum Gasteiger partial charge on any atom is 0.124 e. The maximum absolute atomic E-state index is 10.5. The number of aliphatic imine (C=N–C) groups is 2. The molecule has 0 saturated heterocycles. The molecule has 0 fully saturated rings. The quantitative estimate of drug-likeness (QED) is 0.0720. The van der Waals surface area contributed by atoms with Gasteiger partial charge in [-0.3, -0.25) is 9.98 Å². The smallest absolute Gasteiger partial charge is 0.124 e. The lowest BCUT2D eigenvalue weighted by Crippen LogP contribution is -2.46. The van der Waals surface area contributed by atoms with E-state index in [4.69, 9.17) is 0 Å². The molecule has 6 heteroatoms. The van der Waals surface area contributed by atoms with Gasteiger partial charge in [-0.15, -0.1) is 0 Å². The zero-order chi connectivity index (χ0) is 32.8. The predicted molar refractivity (Wildman–Crippen MR) is 192 cm³/mol. The third kappa shape index (κ3) is 9.62. The lowest BCUT2D eigenvalue weighted by atomic mass is 10.1. The summed E-state index contributed by atoms with van der Waals surface area (Å²) in [5, 5.41) is 21.1. The number of hydrogen-bond acceptors (Lipinski definition) is 4. The van der Waals surface area contributed by atoms with E-state index in [1.807, 2.05) is 12.1 Å². The Kier molecular flexibility index (Phi) is 12.7. The first kappa shape index (κ1) is 34.6. The van der Waals surface area contributed by atoms with Crippen molar-refractivity contribution in [2.75, 3.05) is 39.3 Å². The largest absolute Gasteiger partial charge is 0.507 e. The van der Waals surface area contributed by atoms with Crippen molar-refractivity contribution in [1.29, 1.82) is 0 Å². The molecular formula is C40H52N4O2+2. The molecule has 4 rings (SSSR count). The van der Waals surface area contributed by atoms with E-state index in [1.54, 1.807) is 24.6 Å². The minimum Gasteiger partial charge on any atom is -0.507 e. The molecule has 242 valence electrons. The molecule has 0 atom stereocenters. The molecular weight excluding hydrogens is 568 g/mol. The summed E-state index contributed by atoms with van der Waals surface area (Å²) in [7, 11) is 0. The van der Waals surface area contributed by atoms with Gasteiger partial charge in [0, 0.05) is 45.8 Å². The fourth-order valence-corrected chi connectivity index (χ4v) is 6.22. The molecule has 0 radical (unpaired) electrons. The minimum absolute atomic E-state index is 0.229. The number of nitrogens with zero attached hydrogens (tertiary/aromatic N) is 4. The fraction of sp³-hybridized carbons (Fsp3) is 0.350. The van der Waals surface area contributed by atoms with Crippen LogP contribution in [-0.4, -0.2) is 70.9 Å². The SMILES string of the molecule is CC[N+](CC)(Cc1ccccc1)Cc1ccc(O)c(C=NCCN=Cc2cc(C[N+](CC)(CC)Cc3ccccc3)ccc2O)c1. The Balaban J connectivity index is 1.37. The summed E-state index contributed by atoms with van der Waals surface area (Å²) in [5.74, 6) is 0.459. The molecule has 0 saturated carbocycles. The van der Waals surface area contributed by atoms with Gasteiger partial charge in [-0.1, -0.05) is 60.7 Å². The summed E-state index contributed by atoms with van der Waals surface area (Å²) < 4.78 is 1.89. The highest BCUT2D eigenvalue weighted by Crippen LogP contribution is 2.25. The number of quaternary nitrogens is 2. The van der Waals surface area contributed by atoms with Crippen LogP contribution in [0, 0.1) is 0 Å². The van der Waals surface area contributed by atoms with Crippen molar-refractivity contribution < 1.29 is 19.2 Å². The lowest BCUT2D eigenvalue weighted by molar-refractivity contribution is -0.950. The van der Waals surface area contributed by atoms with E-state index >= 15 is 0 Å². The molecule has 0 aliphatic rings. The molecule has 2 N–H and O–H groups in total. The molecule has 6 nitrogen and oxygen atoms in total. The topological polar surface area (TPSA) is 65.2 Å². The second kappa shape index (κ2) is 16.9. The summed E-state index contributed by atoms with van der Waals surface area (Å²) >= 11 is 0. The Morgan fingerprint density at radius 3 is 1.17 bits per heavy atom. The van der Waals surface area contributed by atoms with Gasteiger partial charge in [-0.2, -0.15) is 0 Å². The summed E-state index contributed by atoms with van der Waals surface area (Å²) in [5.41, 5.74) is 6.49. The van der Waals surface area contributed by atoms with Crippen LogP contribution in [0.5, 0.6) is 11.5 Å². The highest BCUT2D eigenvalue weighted by molar-refractivity contribution is 5.84. The minimum atomic E-state index is 0.229. The number of aromatic hydroxyl groups is 2.